The Labute approximate surface area is 139 Å². The van der Waals surface area contributed by atoms with Crippen molar-refractivity contribution in [2.45, 2.75) is 19.6 Å². The van der Waals surface area contributed by atoms with Gasteiger partial charge in [-0.25, -0.2) is 9.48 Å². The summed E-state index contributed by atoms with van der Waals surface area (Å²) in [6.07, 6.45) is 1.06. The number of aromatic nitrogens is 3. The lowest BCUT2D eigenvalue weighted by atomic mass is 9.99. The van der Waals surface area contributed by atoms with E-state index in [9.17, 15) is 15.0 Å². The Hall–Kier alpha value is -2.99. The zero-order valence-corrected chi connectivity index (χ0v) is 13.1. The van der Waals surface area contributed by atoms with Gasteiger partial charge in [-0.1, -0.05) is 47.7 Å². The van der Waals surface area contributed by atoms with Gasteiger partial charge in [-0.2, -0.15) is 0 Å². The Balaban J connectivity index is 1.82. The van der Waals surface area contributed by atoms with Crippen LogP contribution < -0.4 is 0 Å². The van der Waals surface area contributed by atoms with E-state index in [2.05, 4.69) is 10.3 Å². The monoisotopic (exact) mass is 323 g/mol. The lowest BCUT2D eigenvalue weighted by Crippen LogP contribution is -2.01. The molecule has 3 rings (SSSR count). The first kappa shape index (κ1) is 15.9. The summed E-state index contributed by atoms with van der Waals surface area (Å²) >= 11 is 0. The number of aliphatic hydroxyl groups excluding tert-OH is 1. The highest BCUT2D eigenvalue weighted by Crippen LogP contribution is 2.24. The van der Waals surface area contributed by atoms with Crippen LogP contribution in [-0.2, 0) is 6.54 Å². The van der Waals surface area contributed by atoms with Crippen molar-refractivity contribution < 1.29 is 15.0 Å². The predicted octanol–water partition coefficient (Wildman–Crippen LogP) is 2.74. The highest BCUT2D eigenvalue weighted by molar-refractivity contribution is 5.95. The fourth-order valence-electron chi connectivity index (χ4n) is 2.48. The summed E-state index contributed by atoms with van der Waals surface area (Å²) in [7, 11) is 0. The van der Waals surface area contributed by atoms with E-state index < -0.39 is 12.1 Å². The third-order valence-electron chi connectivity index (χ3n) is 3.75. The van der Waals surface area contributed by atoms with E-state index in [1.807, 2.05) is 30.3 Å². The molecule has 24 heavy (non-hydrogen) atoms. The number of rotatable bonds is 5. The molecule has 2 N–H and O–H groups in total. The molecule has 0 spiro atoms. The lowest BCUT2D eigenvalue weighted by Gasteiger charge is -2.07. The van der Waals surface area contributed by atoms with Crippen LogP contribution in [0.25, 0.3) is 11.1 Å². The second kappa shape index (κ2) is 6.64. The minimum absolute atomic E-state index is 0.281. The summed E-state index contributed by atoms with van der Waals surface area (Å²) in [5.41, 5.74) is 3.35. The van der Waals surface area contributed by atoms with Gasteiger partial charge in [0, 0.05) is 0 Å². The van der Waals surface area contributed by atoms with Gasteiger partial charge in [-0.15, -0.1) is 5.10 Å². The van der Waals surface area contributed by atoms with Crippen LogP contribution in [0.5, 0.6) is 0 Å². The van der Waals surface area contributed by atoms with Gasteiger partial charge >= 0.3 is 5.97 Å². The number of hydrogen-bond acceptors (Lipinski definition) is 4. The summed E-state index contributed by atoms with van der Waals surface area (Å²) in [5, 5.41) is 26.6. The number of aliphatic hydroxyl groups is 1. The fourth-order valence-corrected chi connectivity index (χ4v) is 2.48. The third kappa shape index (κ3) is 3.33. The van der Waals surface area contributed by atoms with Gasteiger partial charge in [0.25, 0.3) is 0 Å². The van der Waals surface area contributed by atoms with Crippen molar-refractivity contribution in [3.63, 3.8) is 0 Å². The Morgan fingerprint density at radius 2 is 1.88 bits per heavy atom. The number of carboxylic acid groups (broad SMARTS) is 1. The highest BCUT2D eigenvalue weighted by Gasteiger charge is 2.11. The number of nitrogens with zero attached hydrogens (tertiary/aromatic N) is 3. The number of carboxylic acids is 1. The average Bonchev–Trinajstić information content (AvgIpc) is 3.04. The van der Waals surface area contributed by atoms with Crippen molar-refractivity contribution in [3.8, 4) is 11.1 Å². The molecule has 0 saturated heterocycles. The molecule has 122 valence electrons. The van der Waals surface area contributed by atoms with Crippen LogP contribution in [0.4, 0.5) is 0 Å². The van der Waals surface area contributed by atoms with Crippen LogP contribution in [0.1, 0.15) is 34.6 Å². The maximum absolute atomic E-state index is 11.3. The first-order chi connectivity index (χ1) is 11.5. The number of benzene rings is 2. The summed E-state index contributed by atoms with van der Waals surface area (Å²) in [6, 6.07) is 14.6. The van der Waals surface area contributed by atoms with Crippen LogP contribution in [0.2, 0.25) is 0 Å². The first-order valence-electron chi connectivity index (χ1n) is 7.54. The second-order valence-electron chi connectivity index (χ2n) is 5.56. The van der Waals surface area contributed by atoms with Gasteiger partial charge in [-0.05, 0) is 29.7 Å². The van der Waals surface area contributed by atoms with Crippen molar-refractivity contribution in [3.05, 3.63) is 71.5 Å². The number of aromatic carboxylic acids is 1. The van der Waals surface area contributed by atoms with E-state index in [1.54, 1.807) is 36.0 Å². The standard InChI is InChI=1S/C18H17N3O3/c1-12(22)17-11-21(20-19-17)10-13-6-8-14(9-7-13)15-4-2-3-5-16(15)18(23)24/h2-9,11-12,22H,10H2,1H3,(H,23,24)/t12-/m1/s1. The van der Waals surface area contributed by atoms with Crippen molar-refractivity contribution in [2.24, 2.45) is 0 Å². The molecule has 0 aliphatic heterocycles. The Morgan fingerprint density at radius 1 is 1.17 bits per heavy atom. The molecule has 1 atom stereocenters. The van der Waals surface area contributed by atoms with Gasteiger partial charge in [-0.3, -0.25) is 0 Å². The first-order valence-corrected chi connectivity index (χ1v) is 7.54. The van der Waals surface area contributed by atoms with E-state index >= 15 is 0 Å². The molecule has 0 aliphatic rings. The molecule has 0 bridgehead atoms. The van der Waals surface area contributed by atoms with Gasteiger partial charge in [0.1, 0.15) is 5.69 Å². The SMILES string of the molecule is C[C@@H](O)c1cn(Cc2ccc(-c3ccccc3C(=O)O)cc2)nn1. The molecule has 0 radical (unpaired) electrons. The minimum atomic E-state index is -0.942. The fraction of sp³-hybridized carbons (Fsp3) is 0.167. The van der Waals surface area contributed by atoms with E-state index in [0.717, 1.165) is 11.1 Å². The maximum Gasteiger partial charge on any atom is 0.336 e. The molecule has 1 heterocycles. The Morgan fingerprint density at radius 3 is 2.50 bits per heavy atom. The summed E-state index contributed by atoms with van der Waals surface area (Å²) < 4.78 is 1.66. The van der Waals surface area contributed by atoms with Crippen molar-refractivity contribution >= 4 is 5.97 Å². The van der Waals surface area contributed by atoms with Crippen molar-refractivity contribution in [1.29, 1.82) is 0 Å². The normalized spacial score (nSPS) is 12.1. The zero-order chi connectivity index (χ0) is 17.1. The minimum Gasteiger partial charge on any atom is -0.478 e. The van der Waals surface area contributed by atoms with Gasteiger partial charge in [0.15, 0.2) is 0 Å². The van der Waals surface area contributed by atoms with E-state index in [-0.39, 0.29) is 5.56 Å². The molecular formula is C18H17N3O3. The lowest BCUT2D eigenvalue weighted by molar-refractivity contribution is 0.0697. The molecule has 0 fully saturated rings. The molecule has 6 heteroatoms. The van der Waals surface area contributed by atoms with E-state index in [0.29, 0.717) is 17.8 Å². The number of hydrogen-bond donors (Lipinski definition) is 2. The second-order valence-corrected chi connectivity index (χ2v) is 5.56. The van der Waals surface area contributed by atoms with Crippen LogP contribution in [0, 0.1) is 0 Å². The zero-order valence-electron chi connectivity index (χ0n) is 13.1. The quantitative estimate of drug-likeness (QED) is 0.754. The maximum atomic E-state index is 11.3. The van der Waals surface area contributed by atoms with Crippen molar-refractivity contribution in [2.75, 3.05) is 0 Å². The molecule has 2 aromatic carbocycles. The Kier molecular flexibility index (Phi) is 4.39. The molecular weight excluding hydrogens is 306 g/mol. The summed E-state index contributed by atoms with van der Waals surface area (Å²) in [4.78, 5) is 11.3. The Bertz CT molecular complexity index is 854. The smallest absolute Gasteiger partial charge is 0.336 e. The van der Waals surface area contributed by atoms with Gasteiger partial charge < -0.3 is 10.2 Å². The highest BCUT2D eigenvalue weighted by atomic mass is 16.4. The van der Waals surface area contributed by atoms with Crippen LogP contribution in [0.15, 0.2) is 54.7 Å². The van der Waals surface area contributed by atoms with Gasteiger partial charge in [0.2, 0.25) is 0 Å². The predicted molar refractivity (Wildman–Crippen MR) is 88.6 cm³/mol. The molecule has 0 unspecified atom stereocenters. The van der Waals surface area contributed by atoms with Crippen LogP contribution in [-0.4, -0.2) is 31.2 Å². The molecule has 6 nitrogen and oxygen atoms in total. The van der Waals surface area contributed by atoms with Crippen LogP contribution >= 0.6 is 0 Å². The van der Waals surface area contributed by atoms with E-state index in [4.69, 9.17) is 0 Å². The summed E-state index contributed by atoms with van der Waals surface area (Å²) in [5.74, 6) is -0.942. The third-order valence-corrected chi connectivity index (χ3v) is 3.75. The van der Waals surface area contributed by atoms with Gasteiger partial charge in [0.05, 0.1) is 24.4 Å². The molecule has 1 aromatic heterocycles. The van der Waals surface area contributed by atoms with Crippen molar-refractivity contribution in [1.82, 2.24) is 15.0 Å². The summed E-state index contributed by atoms with van der Waals surface area (Å²) in [6.45, 7) is 2.17. The molecule has 0 aliphatic carbocycles. The number of carbonyl (C=O) groups is 1. The molecule has 0 saturated carbocycles. The average molecular weight is 323 g/mol. The van der Waals surface area contributed by atoms with E-state index in [1.165, 1.54) is 0 Å². The topological polar surface area (TPSA) is 88.2 Å². The largest absolute Gasteiger partial charge is 0.478 e. The molecule has 0 amide bonds. The van der Waals surface area contributed by atoms with Crippen LogP contribution in [0.3, 0.4) is 0 Å². The molecule has 3 aromatic rings.